The molecule has 0 spiro atoms. The first-order valence-electron chi connectivity index (χ1n) is 8.48. The van der Waals surface area contributed by atoms with Gasteiger partial charge in [-0.3, -0.25) is 14.7 Å². The van der Waals surface area contributed by atoms with Crippen LogP contribution in [-0.4, -0.2) is 69.0 Å². The van der Waals surface area contributed by atoms with Gasteiger partial charge in [-0.25, -0.2) is 8.78 Å². The van der Waals surface area contributed by atoms with Crippen LogP contribution in [0.1, 0.15) is 33.6 Å². The summed E-state index contributed by atoms with van der Waals surface area (Å²) >= 11 is 0. The number of rotatable bonds is 6. The number of carbonyl (C=O) groups is 1. The number of likely N-dealkylation sites (tertiary alicyclic amines) is 1. The second kappa shape index (κ2) is 9.76. The fourth-order valence-corrected chi connectivity index (χ4v) is 2.47. The number of carbonyl (C=O) groups excluding carboxylic acids is 1. The summed E-state index contributed by atoms with van der Waals surface area (Å²) < 4.78 is 24.7. The predicted octanol–water partition coefficient (Wildman–Crippen LogP) is 1.04. The lowest BCUT2D eigenvalue weighted by atomic mass is 9.96. The van der Waals surface area contributed by atoms with Crippen molar-refractivity contribution in [1.82, 2.24) is 20.9 Å². The van der Waals surface area contributed by atoms with E-state index < -0.39 is 11.8 Å². The van der Waals surface area contributed by atoms with E-state index in [4.69, 9.17) is 0 Å². The van der Waals surface area contributed by atoms with Crippen molar-refractivity contribution in [3.05, 3.63) is 0 Å². The Morgan fingerprint density at radius 2 is 1.79 bits per heavy atom. The van der Waals surface area contributed by atoms with Crippen LogP contribution in [0.2, 0.25) is 0 Å². The number of hydrogen-bond donors (Lipinski definition) is 3. The smallest absolute Gasteiger partial charge is 0.251 e. The summed E-state index contributed by atoms with van der Waals surface area (Å²) in [5, 5.41) is 9.34. The van der Waals surface area contributed by atoms with Gasteiger partial charge in [-0.1, -0.05) is 20.8 Å². The lowest BCUT2D eigenvalue weighted by Gasteiger charge is -2.32. The number of alkyl halides is 2. The van der Waals surface area contributed by atoms with Gasteiger partial charge in [0.25, 0.3) is 6.43 Å². The second-order valence-corrected chi connectivity index (χ2v) is 7.12. The van der Waals surface area contributed by atoms with Gasteiger partial charge in [-0.15, -0.1) is 0 Å². The number of guanidine groups is 1. The van der Waals surface area contributed by atoms with Crippen LogP contribution in [0.15, 0.2) is 4.99 Å². The van der Waals surface area contributed by atoms with Crippen LogP contribution in [0, 0.1) is 5.41 Å². The molecule has 0 radical (unpaired) electrons. The van der Waals surface area contributed by atoms with E-state index in [1.165, 1.54) is 0 Å². The monoisotopic (exact) mass is 347 g/mol. The molecule has 8 heteroatoms. The molecule has 1 saturated heterocycles. The van der Waals surface area contributed by atoms with Gasteiger partial charge in [-0.05, 0) is 12.8 Å². The van der Waals surface area contributed by atoms with Gasteiger partial charge in [0.15, 0.2) is 5.96 Å². The van der Waals surface area contributed by atoms with Gasteiger partial charge >= 0.3 is 0 Å². The Hall–Kier alpha value is -1.44. The second-order valence-electron chi connectivity index (χ2n) is 7.12. The summed E-state index contributed by atoms with van der Waals surface area (Å²) in [7, 11) is 1.69. The summed E-state index contributed by atoms with van der Waals surface area (Å²) in [4.78, 5) is 17.7. The molecule has 1 rings (SSSR count). The van der Waals surface area contributed by atoms with Crippen LogP contribution in [0.4, 0.5) is 8.78 Å². The zero-order valence-corrected chi connectivity index (χ0v) is 15.2. The van der Waals surface area contributed by atoms with Gasteiger partial charge in [0, 0.05) is 44.7 Å². The highest BCUT2D eigenvalue weighted by atomic mass is 19.3. The quantitative estimate of drug-likeness (QED) is 0.382. The molecule has 3 N–H and O–H groups in total. The van der Waals surface area contributed by atoms with Gasteiger partial charge in [-0.2, -0.15) is 0 Å². The maximum Gasteiger partial charge on any atom is 0.251 e. The van der Waals surface area contributed by atoms with Gasteiger partial charge < -0.3 is 16.0 Å². The minimum atomic E-state index is -2.27. The molecule has 1 aliphatic heterocycles. The maximum absolute atomic E-state index is 12.4. The first-order valence-corrected chi connectivity index (χ1v) is 8.48. The van der Waals surface area contributed by atoms with Crippen LogP contribution in [0.25, 0.3) is 0 Å². The Morgan fingerprint density at radius 1 is 1.21 bits per heavy atom. The highest BCUT2D eigenvalue weighted by Crippen LogP contribution is 2.12. The summed E-state index contributed by atoms with van der Waals surface area (Å²) in [5.74, 6) is 0.686. The molecule has 1 amide bonds. The van der Waals surface area contributed by atoms with Crippen LogP contribution in [-0.2, 0) is 4.79 Å². The highest BCUT2D eigenvalue weighted by molar-refractivity contribution is 5.82. The highest BCUT2D eigenvalue weighted by Gasteiger charge is 2.22. The predicted molar refractivity (Wildman–Crippen MR) is 92.4 cm³/mol. The molecule has 1 heterocycles. The van der Waals surface area contributed by atoms with Crippen LogP contribution >= 0.6 is 0 Å². The molecule has 0 atom stereocenters. The van der Waals surface area contributed by atoms with Crippen molar-refractivity contribution >= 4 is 11.9 Å². The standard InChI is InChI=1S/C16H31F2N5O/c1-16(2,3)14(24)20-7-8-21-15(19-4)22-12-5-9-23(10-6-12)11-13(17)18/h12-13H,5-11H2,1-4H3,(H,20,24)(H2,19,21,22). The van der Waals surface area contributed by atoms with Gasteiger partial charge in [0.1, 0.15) is 0 Å². The Balaban J connectivity index is 2.23. The molecule has 1 fully saturated rings. The molecule has 0 aromatic heterocycles. The molecule has 0 aliphatic carbocycles. The molecule has 0 aromatic rings. The third-order valence-electron chi connectivity index (χ3n) is 3.93. The molecule has 0 bridgehead atoms. The Morgan fingerprint density at radius 3 is 2.29 bits per heavy atom. The van der Waals surface area contributed by atoms with Crippen LogP contribution in [0.5, 0.6) is 0 Å². The van der Waals surface area contributed by atoms with E-state index in [0.717, 1.165) is 12.8 Å². The van der Waals surface area contributed by atoms with Crippen molar-refractivity contribution < 1.29 is 13.6 Å². The number of hydrogen-bond acceptors (Lipinski definition) is 3. The van der Waals surface area contributed by atoms with Crippen molar-refractivity contribution in [2.75, 3.05) is 39.8 Å². The van der Waals surface area contributed by atoms with E-state index in [2.05, 4.69) is 20.9 Å². The third kappa shape index (κ3) is 7.90. The third-order valence-corrected chi connectivity index (χ3v) is 3.93. The first-order chi connectivity index (χ1) is 11.2. The van der Waals surface area contributed by atoms with Crippen molar-refractivity contribution in [3.63, 3.8) is 0 Å². The van der Waals surface area contributed by atoms with Gasteiger partial charge in [0.05, 0.1) is 6.54 Å². The Labute approximate surface area is 143 Å². The molecule has 0 aromatic carbocycles. The number of amides is 1. The molecule has 0 saturated carbocycles. The van der Waals surface area contributed by atoms with Crippen molar-refractivity contribution in [1.29, 1.82) is 0 Å². The molecule has 0 unspecified atom stereocenters. The first kappa shape index (κ1) is 20.6. The summed E-state index contributed by atoms with van der Waals surface area (Å²) in [6.45, 7) is 7.90. The number of nitrogens with one attached hydrogen (secondary N) is 3. The lowest BCUT2D eigenvalue weighted by molar-refractivity contribution is -0.128. The fraction of sp³-hybridized carbons (Fsp3) is 0.875. The lowest BCUT2D eigenvalue weighted by Crippen LogP contribution is -2.50. The summed E-state index contributed by atoms with van der Waals surface area (Å²) in [6, 6.07) is 0.231. The van der Waals surface area contributed by atoms with Gasteiger partial charge in [0.2, 0.25) is 5.91 Å². The number of halogens is 2. The molecule has 140 valence electrons. The summed E-state index contributed by atoms with van der Waals surface area (Å²) in [6.07, 6.45) is -0.644. The van der Waals surface area contributed by atoms with E-state index in [-0.39, 0.29) is 18.5 Å². The van der Waals surface area contributed by atoms with E-state index in [0.29, 0.717) is 32.1 Å². The van der Waals surface area contributed by atoms with Crippen molar-refractivity contribution in [2.24, 2.45) is 10.4 Å². The van der Waals surface area contributed by atoms with Crippen LogP contribution in [0.3, 0.4) is 0 Å². The van der Waals surface area contributed by atoms with E-state index in [1.807, 2.05) is 20.8 Å². The largest absolute Gasteiger partial charge is 0.355 e. The number of nitrogens with zero attached hydrogens (tertiary/aromatic N) is 2. The number of aliphatic imine (C=N–C) groups is 1. The topological polar surface area (TPSA) is 68.8 Å². The molecule has 1 aliphatic rings. The van der Waals surface area contributed by atoms with Crippen molar-refractivity contribution in [2.45, 2.75) is 46.1 Å². The minimum absolute atomic E-state index is 0.0126. The molecule has 6 nitrogen and oxygen atoms in total. The Bertz CT molecular complexity index is 415. The fourth-order valence-electron chi connectivity index (χ4n) is 2.47. The molecule has 24 heavy (non-hydrogen) atoms. The molecular formula is C16H31F2N5O. The zero-order chi connectivity index (χ0) is 18.2. The summed E-state index contributed by atoms with van der Waals surface area (Å²) in [5.41, 5.74) is -0.397. The van der Waals surface area contributed by atoms with Crippen molar-refractivity contribution in [3.8, 4) is 0 Å². The van der Waals surface area contributed by atoms with Crippen LogP contribution < -0.4 is 16.0 Å². The normalized spacial score (nSPS) is 17.9. The molecular weight excluding hydrogens is 316 g/mol. The van der Waals surface area contributed by atoms with E-state index in [9.17, 15) is 13.6 Å². The SMILES string of the molecule is CN=C(NCCNC(=O)C(C)(C)C)NC1CCN(CC(F)F)CC1. The average Bonchev–Trinajstić information content (AvgIpc) is 2.50. The average molecular weight is 347 g/mol. The number of piperidine rings is 1. The van der Waals surface area contributed by atoms with E-state index >= 15 is 0 Å². The maximum atomic E-state index is 12.4. The minimum Gasteiger partial charge on any atom is -0.355 e. The Kier molecular flexibility index (Phi) is 8.38. The van der Waals surface area contributed by atoms with E-state index in [1.54, 1.807) is 11.9 Å². The zero-order valence-electron chi connectivity index (χ0n) is 15.2.